The normalized spacial score (nSPS) is 20.7. The average molecular weight is 1390 g/mol. The number of rotatable bonds is 33. The Balaban J connectivity index is 0.00000172. The number of phosphoric ester groups is 1. The number of esters is 7. The van der Waals surface area contributed by atoms with E-state index in [1.54, 1.807) is 95.9 Å². The molecule has 2 aliphatic rings. The lowest BCUT2D eigenvalue weighted by Crippen LogP contribution is -3.11. The zero-order chi connectivity index (χ0) is 71.1. The van der Waals surface area contributed by atoms with Crippen LogP contribution in [0.15, 0.2) is 225 Å². The van der Waals surface area contributed by atoms with Crippen LogP contribution in [0.25, 0.3) is 0 Å². The van der Waals surface area contributed by atoms with Gasteiger partial charge < -0.3 is 61.7 Å². The average Bonchev–Trinajstić information content (AvgIpc) is 0.761. The molecule has 0 radical (unpaired) electrons. The molecule has 11 atom stereocenters. The second-order valence-electron chi connectivity index (χ2n) is 23.2. The minimum Gasteiger partial charge on any atom is -0.756 e. The molecule has 528 valence electrons. The van der Waals surface area contributed by atoms with Gasteiger partial charge in [0.15, 0.2) is 36.8 Å². The van der Waals surface area contributed by atoms with Crippen LogP contribution in [-0.2, 0) is 61.0 Å². The molecule has 7 aromatic carbocycles. The summed E-state index contributed by atoms with van der Waals surface area (Å²) in [5, 5.41) is 0. The Labute approximate surface area is 581 Å². The van der Waals surface area contributed by atoms with Crippen molar-refractivity contribution >= 4 is 49.6 Å². The Morgan fingerprint density at radius 2 is 0.690 bits per heavy atom. The van der Waals surface area contributed by atoms with Gasteiger partial charge in [-0.15, -0.1) is 6.58 Å². The van der Waals surface area contributed by atoms with Crippen LogP contribution < -0.4 is 9.79 Å². The van der Waals surface area contributed by atoms with Crippen molar-refractivity contribution < 1.29 is 104 Å². The van der Waals surface area contributed by atoms with Crippen molar-refractivity contribution in [2.75, 3.05) is 39.5 Å². The SMILES string of the molecule is C=CCCCCCCCCOP(=O)([O-])O[C@H]1O[C@H](COC(=O)c2ccccc2)[C@@H](O[C@@H]2O[C@H](COC(=O)c3ccccc3)[C@@H](OC(=O)c3ccccc3)[C@H](OC(=O)c3ccccc3)[C@H]2OC(=O)c2ccccc2)[C@H](OC(=O)c2ccccc2)[C@@H]1OC(=O)c1ccccc1.CC[NH+](CC)CC. The maximum absolute atomic E-state index is 14.8. The van der Waals surface area contributed by atoms with Crippen molar-refractivity contribution in [3.05, 3.63) is 264 Å². The number of quaternary nitrogens is 1. The van der Waals surface area contributed by atoms with Gasteiger partial charge in [-0.05, 0) is 125 Å². The monoisotopic (exact) mass is 1390 g/mol. The Bertz CT molecular complexity index is 3720. The van der Waals surface area contributed by atoms with E-state index in [0.717, 1.165) is 32.1 Å². The van der Waals surface area contributed by atoms with E-state index >= 15 is 0 Å². The molecule has 2 heterocycles. The second-order valence-corrected chi connectivity index (χ2v) is 24.6. The highest BCUT2D eigenvalue weighted by Gasteiger charge is 2.59. The Morgan fingerprint density at radius 1 is 0.400 bits per heavy atom. The first-order valence-electron chi connectivity index (χ1n) is 33.4. The lowest BCUT2D eigenvalue weighted by atomic mass is 9.95. The van der Waals surface area contributed by atoms with Crippen molar-refractivity contribution in [2.45, 2.75) is 127 Å². The third-order valence-corrected chi connectivity index (χ3v) is 17.3. The van der Waals surface area contributed by atoms with Gasteiger partial charge in [0.05, 0.1) is 65.2 Å². The first kappa shape index (κ1) is 76.3. The summed E-state index contributed by atoms with van der Waals surface area (Å²) in [4.78, 5) is 117. The standard InChI is InChI=1S/C71H69O21P.C6H15N/c1-2-3-4-5-6-7-8-30-45-83-93(79,80)92-71-62(90-69(78)54-43-28-15-29-44-54)60(88-67(76)52-39-24-13-25-40-52)58(56(85-71)47-82-64(73)49-33-18-10-19-34-49)91-70-61(89-68(77)53-41-26-14-27-42-53)59(87-66(75)51-37-22-12-23-38-51)57(86-65(74)50-35-20-11-21-36-50)55(84-70)46-81-63(72)48-31-16-9-17-32-48;1-4-7(5-2)6-3/h2,9-29,31-44,55-62,70-71H,1,3-8,30,45-47H2,(H,79,80);4-6H2,1-3H3/t55-,56-,57-,58-,59+,60+,61-,62+,70+,71-;/m1./s1. The first-order valence-corrected chi connectivity index (χ1v) is 34.8. The molecular weight excluding hydrogens is 1310 g/mol. The number of carbonyl (C=O) groups is 7. The summed E-state index contributed by atoms with van der Waals surface area (Å²) in [6, 6.07) is 53.2. The molecule has 0 amide bonds. The molecule has 0 aromatic heterocycles. The molecule has 2 fully saturated rings. The zero-order valence-corrected chi connectivity index (χ0v) is 56.9. The van der Waals surface area contributed by atoms with E-state index in [2.05, 4.69) is 27.4 Å². The molecule has 1 unspecified atom stereocenters. The molecular formula is C77H84NO21P. The van der Waals surface area contributed by atoms with Crippen LogP contribution in [0.1, 0.15) is 138 Å². The number of ether oxygens (including phenoxy) is 10. The maximum Gasteiger partial charge on any atom is 0.338 e. The van der Waals surface area contributed by atoms with E-state index in [1.807, 2.05) is 6.08 Å². The van der Waals surface area contributed by atoms with Crippen LogP contribution >= 0.6 is 7.82 Å². The predicted octanol–water partition coefficient (Wildman–Crippen LogP) is 11.0. The molecule has 1 N–H and O–H groups in total. The van der Waals surface area contributed by atoms with Crippen LogP contribution in [-0.4, -0.2) is 143 Å². The fourth-order valence-electron chi connectivity index (χ4n) is 10.8. The first-order chi connectivity index (χ1) is 48.6. The smallest absolute Gasteiger partial charge is 0.338 e. The van der Waals surface area contributed by atoms with Crippen LogP contribution in [0.5, 0.6) is 0 Å². The van der Waals surface area contributed by atoms with Gasteiger partial charge in [0.2, 0.25) is 6.29 Å². The van der Waals surface area contributed by atoms with Gasteiger partial charge >= 0.3 is 41.8 Å². The number of unbranched alkanes of at least 4 members (excludes halogenated alkanes) is 6. The molecule has 22 nitrogen and oxygen atoms in total. The third kappa shape index (κ3) is 23.0. The highest BCUT2D eigenvalue weighted by molar-refractivity contribution is 7.45. The van der Waals surface area contributed by atoms with E-state index in [4.69, 9.17) is 56.4 Å². The number of nitrogens with one attached hydrogen (secondary N) is 1. The predicted molar refractivity (Wildman–Crippen MR) is 364 cm³/mol. The topological polar surface area (TPSA) is 275 Å². The van der Waals surface area contributed by atoms with Gasteiger partial charge in [-0.25, -0.2) is 33.6 Å². The zero-order valence-electron chi connectivity index (χ0n) is 56.0. The molecule has 0 bridgehead atoms. The summed E-state index contributed by atoms with van der Waals surface area (Å²) < 4.78 is 88.7. The molecule has 2 saturated heterocycles. The number of hydrogen-bond donors (Lipinski definition) is 1. The lowest BCUT2D eigenvalue weighted by molar-refractivity contribution is -0.894. The quantitative estimate of drug-likeness (QED) is 0.0132. The highest BCUT2D eigenvalue weighted by Crippen LogP contribution is 2.45. The second kappa shape index (κ2) is 39.9. The van der Waals surface area contributed by atoms with Crippen molar-refractivity contribution in [2.24, 2.45) is 0 Å². The fourth-order valence-corrected chi connectivity index (χ4v) is 11.7. The molecule has 0 aliphatic carbocycles. The summed E-state index contributed by atoms with van der Waals surface area (Å²) >= 11 is 0. The summed E-state index contributed by atoms with van der Waals surface area (Å²) in [6.07, 6.45) is -13.4. The number of hydrogen-bond acceptors (Lipinski definition) is 21. The van der Waals surface area contributed by atoms with Crippen molar-refractivity contribution in [1.82, 2.24) is 0 Å². The Morgan fingerprint density at radius 3 is 1.04 bits per heavy atom. The molecule has 23 heteroatoms. The van der Waals surface area contributed by atoms with E-state index in [0.29, 0.717) is 6.42 Å². The molecule has 7 aromatic rings. The number of phosphoric acid groups is 1. The van der Waals surface area contributed by atoms with Gasteiger partial charge in [0.1, 0.15) is 31.5 Å². The van der Waals surface area contributed by atoms with Crippen LogP contribution in [0.3, 0.4) is 0 Å². The summed E-state index contributed by atoms with van der Waals surface area (Å²) in [5.41, 5.74) is -0.122. The number of benzene rings is 7. The van der Waals surface area contributed by atoms with Gasteiger partial charge in [0, 0.05) is 0 Å². The maximum atomic E-state index is 14.8. The Kier molecular flexibility index (Phi) is 30.5. The van der Waals surface area contributed by atoms with Gasteiger partial charge in [-0.3, -0.25) is 9.09 Å². The molecule has 0 spiro atoms. The van der Waals surface area contributed by atoms with Crippen LogP contribution in [0.2, 0.25) is 0 Å². The van der Waals surface area contributed by atoms with Crippen molar-refractivity contribution in [3.63, 3.8) is 0 Å². The van der Waals surface area contributed by atoms with Gasteiger partial charge in [0.25, 0.3) is 7.82 Å². The van der Waals surface area contributed by atoms with Gasteiger partial charge in [-0.1, -0.05) is 159 Å². The molecule has 0 saturated carbocycles. The minimum atomic E-state index is -5.54. The lowest BCUT2D eigenvalue weighted by Gasteiger charge is -2.49. The fraction of sp³-hybridized carbons (Fsp3) is 0.338. The summed E-state index contributed by atoms with van der Waals surface area (Å²) in [7, 11) is -5.54. The molecule has 2 aliphatic heterocycles. The van der Waals surface area contributed by atoms with Crippen molar-refractivity contribution in [1.29, 1.82) is 0 Å². The van der Waals surface area contributed by atoms with E-state index in [9.17, 15) is 43.0 Å². The van der Waals surface area contributed by atoms with E-state index in [1.165, 1.54) is 141 Å². The van der Waals surface area contributed by atoms with E-state index in [-0.39, 0.29) is 52.0 Å². The van der Waals surface area contributed by atoms with Crippen molar-refractivity contribution in [3.8, 4) is 0 Å². The van der Waals surface area contributed by atoms with Crippen LogP contribution in [0, 0.1) is 0 Å². The number of allylic oxidation sites excluding steroid dienone is 1. The largest absolute Gasteiger partial charge is 0.756 e. The van der Waals surface area contributed by atoms with E-state index < -0.39 is 124 Å². The number of carbonyl (C=O) groups excluding carboxylic acids is 7. The molecule has 9 rings (SSSR count). The minimum absolute atomic E-state index is 0.00332. The van der Waals surface area contributed by atoms with Crippen LogP contribution in [0.4, 0.5) is 0 Å². The summed E-state index contributed by atoms with van der Waals surface area (Å²) in [6.45, 7) is 12.2. The van der Waals surface area contributed by atoms with Gasteiger partial charge in [-0.2, -0.15) is 0 Å². The molecule has 100 heavy (non-hydrogen) atoms. The third-order valence-electron chi connectivity index (χ3n) is 16.3. The summed E-state index contributed by atoms with van der Waals surface area (Å²) in [5.74, 6) is -7.22. The Hall–Kier alpha value is -9.48. The highest BCUT2D eigenvalue weighted by atomic mass is 31.2.